The van der Waals surface area contributed by atoms with Gasteiger partial charge in [0.1, 0.15) is 0 Å². The third kappa shape index (κ3) is 3.06. The van der Waals surface area contributed by atoms with Crippen LogP contribution in [0.5, 0.6) is 0 Å². The lowest BCUT2D eigenvalue weighted by molar-refractivity contribution is 0.199. The third-order valence-corrected chi connectivity index (χ3v) is 4.13. The van der Waals surface area contributed by atoms with E-state index in [0.29, 0.717) is 11.7 Å². The molecule has 98 valence electrons. The first-order valence-electron chi connectivity index (χ1n) is 6.28. The third-order valence-electron chi connectivity index (χ3n) is 2.89. The molecule has 3 nitrogen and oxygen atoms in total. The molecule has 1 aromatic heterocycles. The Kier molecular flexibility index (Phi) is 4.30. The van der Waals surface area contributed by atoms with Gasteiger partial charge in [-0.25, -0.2) is 0 Å². The summed E-state index contributed by atoms with van der Waals surface area (Å²) >= 11 is 1.79. The summed E-state index contributed by atoms with van der Waals surface area (Å²) in [6.07, 6.45) is 0.303. The van der Waals surface area contributed by atoms with Crippen molar-refractivity contribution < 1.29 is 5.11 Å². The fraction of sp³-hybridized carbons (Fsp3) is 0.500. The Morgan fingerprint density at radius 1 is 1.33 bits per heavy atom. The second-order valence-electron chi connectivity index (χ2n) is 4.83. The number of aliphatic hydroxyl groups excluding tert-OH is 1. The molecule has 0 spiro atoms. The van der Waals surface area contributed by atoms with E-state index in [1.54, 1.807) is 11.8 Å². The minimum Gasteiger partial charge on any atom is -0.392 e. The summed E-state index contributed by atoms with van der Waals surface area (Å²) in [6.45, 7) is 4.29. The van der Waals surface area contributed by atoms with Crippen molar-refractivity contribution in [1.29, 1.82) is 0 Å². The quantitative estimate of drug-likeness (QED) is 0.902. The average molecular weight is 264 g/mol. The summed E-state index contributed by atoms with van der Waals surface area (Å²) in [4.78, 5) is 0. The molecule has 0 aliphatic carbocycles. The van der Waals surface area contributed by atoms with Crippen molar-refractivity contribution in [2.75, 3.05) is 5.75 Å². The zero-order chi connectivity index (χ0) is 13.1. The molecule has 2 rings (SSSR count). The summed E-state index contributed by atoms with van der Waals surface area (Å²) < 4.78 is 1.88. The summed E-state index contributed by atoms with van der Waals surface area (Å²) in [7, 11) is 1.95. The number of thioether (sulfide) groups is 1. The molecule has 0 radical (unpaired) electrons. The van der Waals surface area contributed by atoms with Crippen LogP contribution in [0.25, 0.3) is 10.9 Å². The summed E-state index contributed by atoms with van der Waals surface area (Å²) in [5.41, 5.74) is 2.11. The first-order valence-corrected chi connectivity index (χ1v) is 7.33. The fourth-order valence-corrected chi connectivity index (χ4v) is 2.75. The van der Waals surface area contributed by atoms with Gasteiger partial charge in [0, 0.05) is 24.6 Å². The lowest BCUT2D eigenvalue weighted by Crippen LogP contribution is -2.15. The molecule has 0 amide bonds. The maximum atomic E-state index is 10.1. The number of fused-ring (bicyclic) bond motifs is 1. The molecule has 0 aliphatic rings. The van der Waals surface area contributed by atoms with Gasteiger partial charge in [-0.3, -0.25) is 4.68 Å². The molecule has 2 aromatic rings. The van der Waals surface area contributed by atoms with Gasteiger partial charge in [-0.05, 0) is 11.3 Å². The number of rotatable bonds is 5. The minimum atomic E-state index is -0.323. The van der Waals surface area contributed by atoms with Gasteiger partial charge in [-0.15, -0.1) is 0 Å². The summed E-state index contributed by atoms with van der Waals surface area (Å²) in [5.74, 6) is 0.766. The Morgan fingerprint density at radius 2 is 2.06 bits per heavy atom. The number of aromatic nitrogens is 2. The zero-order valence-electron chi connectivity index (χ0n) is 11.1. The van der Waals surface area contributed by atoms with Crippen LogP contribution in [0.4, 0.5) is 0 Å². The number of hydrogen-bond donors (Lipinski definition) is 1. The highest BCUT2D eigenvalue weighted by atomic mass is 32.2. The Morgan fingerprint density at radius 3 is 2.78 bits per heavy atom. The lowest BCUT2D eigenvalue weighted by atomic mass is 10.1. The topological polar surface area (TPSA) is 38.1 Å². The van der Waals surface area contributed by atoms with Gasteiger partial charge in [0.25, 0.3) is 0 Å². The Balaban J connectivity index is 2.12. The molecule has 18 heavy (non-hydrogen) atoms. The number of para-hydroxylation sites is 1. The molecular weight excluding hydrogens is 244 g/mol. The predicted octanol–water partition coefficient (Wildman–Crippen LogP) is 2.62. The van der Waals surface area contributed by atoms with Crippen LogP contribution in [-0.4, -0.2) is 32.0 Å². The van der Waals surface area contributed by atoms with E-state index in [4.69, 9.17) is 0 Å². The molecule has 0 saturated heterocycles. The van der Waals surface area contributed by atoms with Crippen molar-refractivity contribution in [3.63, 3.8) is 0 Å². The van der Waals surface area contributed by atoms with Crippen LogP contribution >= 0.6 is 11.8 Å². The van der Waals surface area contributed by atoms with E-state index < -0.39 is 0 Å². The van der Waals surface area contributed by atoms with E-state index in [0.717, 1.165) is 22.3 Å². The van der Waals surface area contributed by atoms with Gasteiger partial charge in [-0.1, -0.05) is 32.0 Å². The molecule has 1 aromatic carbocycles. The molecule has 1 heterocycles. The van der Waals surface area contributed by atoms with Crippen LogP contribution < -0.4 is 0 Å². The van der Waals surface area contributed by atoms with E-state index in [1.165, 1.54) is 0 Å². The van der Waals surface area contributed by atoms with Crippen LogP contribution in [0.15, 0.2) is 24.3 Å². The van der Waals surface area contributed by atoms with Crippen molar-refractivity contribution in [3.8, 4) is 0 Å². The molecule has 0 bridgehead atoms. The highest BCUT2D eigenvalue weighted by molar-refractivity contribution is 7.99. The highest BCUT2D eigenvalue weighted by Crippen LogP contribution is 2.20. The van der Waals surface area contributed by atoms with Crippen molar-refractivity contribution in [3.05, 3.63) is 30.0 Å². The molecule has 0 saturated carbocycles. The van der Waals surface area contributed by atoms with Crippen molar-refractivity contribution in [2.24, 2.45) is 7.05 Å². The van der Waals surface area contributed by atoms with Gasteiger partial charge in [0.15, 0.2) is 0 Å². The first kappa shape index (κ1) is 13.4. The van der Waals surface area contributed by atoms with Crippen LogP contribution in [0.1, 0.15) is 19.5 Å². The van der Waals surface area contributed by atoms with E-state index >= 15 is 0 Å². The molecule has 0 aliphatic heterocycles. The van der Waals surface area contributed by atoms with Crippen molar-refractivity contribution in [1.82, 2.24) is 9.78 Å². The minimum absolute atomic E-state index is 0.323. The Bertz CT molecular complexity index is 521. The van der Waals surface area contributed by atoms with E-state index in [9.17, 15) is 5.11 Å². The maximum absolute atomic E-state index is 10.1. The van der Waals surface area contributed by atoms with E-state index in [2.05, 4.69) is 31.1 Å². The Labute approximate surface area is 112 Å². The van der Waals surface area contributed by atoms with Crippen LogP contribution in [-0.2, 0) is 13.5 Å². The van der Waals surface area contributed by atoms with E-state index in [-0.39, 0.29) is 6.10 Å². The van der Waals surface area contributed by atoms with Crippen LogP contribution in [0.2, 0.25) is 0 Å². The molecule has 1 N–H and O–H groups in total. The van der Waals surface area contributed by atoms with Gasteiger partial charge in [0.05, 0.1) is 17.3 Å². The molecule has 0 fully saturated rings. The molecule has 4 heteroatoms. The first-order chi connectivity index (χ1) is 8.58. The second-order valence-corrected chi connectivity index (χ2v) is 6.44. The van der Waals surface area contributed by atoms with Gasteiger partial charge >= 0.3 is 0 Å². The largest absolute Gasteiger partial charge is 0.392 e. The zero-order valence-corrected chi connectivity index (χ0v) is 11.9. The number of aryl methyl sites for hydroxylation is 1. The van der Waals surface area contributed by atoms with Crippen molar-refractivity contribution >= 4 is 22.7 Å². The standard InChI is InChI=1S/C14H20N2OS/c1-10(2)18-9-11(17)8-13-12-6-4-5-7-14(12)16(3)15-13/h4-7,10-11,17H,8-9H2,1-3H3. The maximum Gasteiger partial charge on any atom is 0.0729 e. The van der Waals surface area contributed by atoms with Gasteiger partial charge in [-0.2, -0.15) is 16.9 Å². The summed E-state index contributed by atoms with van der Waals surface area (Å²) in [6, 6.07) is 8.16. The van der Waals surface area contributed by atoms with Crippen LogP contribution in [0, 0.1) is 0 Å². The van der Waals surface area contributed by atoms with Crippen LogP contribution in [0.3, 0.4) is 0 Å². The fourth-order valence-electron chi connectivity index (χ4n) is 2.03. The van der Waals surface area contributed by atoms with Gasteiger partial charge in [0.2, 0.25) is 0 Å². The van der Waals surface area contributed by atoms with Gasteiger partial charge < -0.3 is 5.11 Å². The normalized spacial score (nSPS) is 13.4. The number of hydrogen-bond acceptors (Lipinski definition) is 3. The molecule has 1 atom stereocenters. The smallest absolute Gasteiger partial charge is 0.0729 e. The van der Waals surface area contributed by atoms with Crippen molar-refractivity contribution in [2.45, 2.75) is 31.6 Å². The SMILES string of the molecule is CC(C)SCC(O)Cc1nn(C)c2ccccc12. The van der Waals surface area contributed by atoms with E-state index in [1.807, 2.05) is 23.9 Å². The highest BCUT2D eigenvalue weighted by Gasteiger charge is 2.13. The number of aliphatic hydroxyl groups is 1. The molecule has 1 unspecified atom stereocenters. The monoisotopic (exact) mass is 264 g/mol. The molecular formula is C14H20N2OS. The predicted molar refractivity (Wildman–Crippen MR) is 78.0 cm³/mol. The average Bonchev–Trinajstić information content (AvgIpc) is 2.65. The number of nitrogens with zero attached hydrogens (tertiary/aromatic N) is 2. The Hall–Kier alpha value is -1.00. The lowest BCUT2D eigenvalue weighted by Gasteiger charge is -2.10. The summed E-state index contributed by atoms with van der Waals surface area (Å²) in [5, 5.41) is 16.3. The second kappa shape index (κ2) is 5.76. The number of benzene rings is 1.